The van der Waals surface area contributed by atoms with E-state index in [9.17, 15) is 15.0 Å². The summed E-state index contributed by atoms with van der Waals surface area (Å²) in [4.78, 5) is 15.0. The minimum Gasteiger partial charge on any atom is -0.491 e. The molecule has 2 fully saturated rings. The Balaban J connectivity index is 1.45. The van der Waals surface area contributed by atoms with E-state index in [1.165, 1.54) is 10.5 Å². The molecule has 6 nitrogen and oxygen atoms in total. The second-order valence-electron chi connectivity index (χ2n) is 9.11. The lowest BCUT2D eigenvalue weighted by molar-refractivity contribution is 0.00339. The fourth-order valence-electron chi connectivity index (χ4n) is 4.29. The number of hydrogen-bond donors (Lipinski definition) is 2. The standard InChI is InChI=1S/C21H32N2O4/c1-21(2,3)17-4-6-19(7-5-17)27-14-18(24)13-22-9-15-8-16(10-22)12-23(11-15)20(25)26/h4-7,15-16,18,24H,8-14H2,1-3H3,(H,25,26). The van der Waals surface area contributed by atoms with Gasteiger partial charge in [-0.05, 0) is 41.4 Å². The normalized spacial score (nSPS) is 24.5. The molecule has 1 aromatic carbocycles. The van der Waals surface area contributed by atoms with Crippen molar-refractivity contribution in [1.82, 2.24) is 9.80 Å². The van der Waals surface area contributed by atoms with Gasteiger partial charge >= 0.3 is 6.09 Å². The van der Waals surface area contributed by atoms with Crippen molar-refractivity contribution in [2.45, 2.75) is 38.7 Å². The van der Waals surface area contributed by atoms with Gasteiger partial charge in [-0.2, -0.15) is 0 Å². The molecule has 0 saturated carbocycles. The second-order valence-corrected chi connectivity index (χ2v) is 9.11. The highest BCUT2D eigenvalue weighted by Gasteiger charge is 2.36. The minimum absolute atomic E-state index is 0.112. The number of ether oxygens (including phenoxy) is 1. The molecule has 3 unspecified atom stereocenters. The monoisotopic (exact) mass is 376 g/mol. The maximum atomic E-state index is 11.2. The molecule has 2 heterocycles. The van der Waals surface area contributed by atoms with E-state index >= 15 is 0 Å². The minimum atomic E-state index is -0.816. The van der Waals surface area contributed by atoms with Crippen LogP contribution in [-0.2, 0) is 5.41 Å². The first-order chi connectivity index (χ1) is 12.7. The van der Waals surface area contributed by atoms with Crippen LogP contribution in [0.4, 0.5) is 4.79 Å². The van der Waals surface area contributed by atoms with Crippen LogP contribution in [0.25, 0.3) is 0 Å². The molecule has 0 spiro atoms. The number of piperidine rings is 2. The molecule has 3 rings (SSSR count). The quantitative estimate of drug-likeness (QED) is 0.827. The van der Waals surface area contributed by atoms with Gasteiger partial charge in [0.2, 0.25) is 0 Å². The van der Waals surface area contributed by atoms with Gasteiger partial charge in [0.1, 0.15) is 18.5 Å². The number of rotatable bonds is 5. The van der Waals surface area contributed by atoms with E-state index in [4.69, 9.17) is 4.74 Å². The van der Waals surface area contributed by atoms with E-state index in [-0.39, 0.29) is 12.0 Å². The van der Waals surface area contributed by atoms with Crippen LogP contribution >= 0.6 is 0 Å². The van der Waals surface area contributed by atoms with Crippen molar-refractivity contribution in [1.29, 1.82) is 0 Å². The maximum Gasteiger partial charge on any atom is 0.407 e. The summed E-state index contributed by atoms with van der Waals surface area (Å²) in [5.74, 6) is 1.51. The smallest absolute Gasteiger partial charge is 0.407 e. The topological polar surface area (TPSA) is 73.2 Å². The van der Waals surface area contributed by atoms with Crippen molar-refractivity contribution in [3.63, 3.8) is 0 Å². The lowest BCUT2D eigenvalue weighted by atomic mass is 9.85. The van der Waals surface area contributed by atoms with Crippen molar-refractivity contribution in [3.05, 3.63) is 29.8 Å². The molecule has 0 aliphatic carbocycles. The van der Waals surface area contributed by atoms with Crippen LogP contribution in [-0.4, -0.2) is 71.5 Å². The van der Waals surface area contributed by atoms with Crippen LogP contribution in [0.15, 0.2) is 24.3 Å². The largest absolute Gasteiger partial charge is 0.491 e. The molecule has 150 valence electrons. The van der Waals surface area contributed by atoms with Crippen LogP contribution in [0, 0.1) is 11.8 Å². The van der Waals surface area contributed by atoms with Crippen molar-refractivity contribution in [2.75, 3.05) is 39.3 Å². The number of amides is 1. The summed E-state index contributed by atoms with van der Waals surface area (Å²) < 4.78 is 5.76. The van der Waals surface area contributed by atoms with Crippen LogP contribution < -0.4 is 4.74 Å². The van der Waals surface area contributed by atoms with E-state index in [0.29, 0.717) is 31.5 Å². The third-order valence-electron chi connectivity index (χ3n) is 5.56. The molecule has 1 amide bonds. The lowest BCUT2D eigenvalue weighted by Gasteiger charge is -2.45. The Hall–Kier alpha value is -1.79. The Morgan fingerprint density at radius 1 is 1.15 bits per heavy atom. The molecule has 0 radical (unpaired) electrons. The van der Waals surface area contributed by atoms with E-state index in [0.717, 1.165) is 25.3 Å². The molecule has 2 N–H and O–H groups in total. The maximum absolute atomic E-state index is 11.2. The third-order valence-corrected chi connectivity index (χ3v) is 5.56. The highest BCUT2D eigenvalue weighted by Crippen LogP contribution is 2.29. The Kier molecular flexibility index (Phi) is 5.96. The zero-order chi connectivity index (χ0) is 19.6. The molecule has 27 heavy (non-hydrogen) atoms. The number of aliphatic hydroxyl groups excluding tert-OH is 1. The van der Waals surface area contributed by atoms with Gasteiger partial charge < -0.3 is 19.8 Å². The zero-order valence-corrected chi connectivity index (χ0v) is 16.6. The number of likely N-dealkylation sites (tertiary alicyclic amines) is 2. The summed E-state index contributed by atoms with van der Waals surface area (Å²) >= 11 is 0. The zero-order valence-electron chi connectivity index (χ0n) is 16.6. The summed E-state index contributed by atoms with van der Waals surface area (Å²) in [6.07, 6.45) is -0.279. The molecule has 1 aromatic rings. The predicted molar refractivity (Wildman–Crippen MR) is 104 cm³/mol. The first-order valence-corrected chi connectivity index (χ1v) is 9.82. The highest BCUT2D eigenvalue weighted by atomic mass is 16.5. The van der Waals surface area contributed by atoms with Gasteiger partial charge in [0.25, 0.3) is 0 Å². The van der Waals surface area contributed by atoms with E-state index in [1.54, 1.807) is 0 Å². The number of hydrogen-bond acceptors (Lipinski definition) is 4. The fraction of sp³-hybridized carbons (Fsp3) is 0.667. The molecule has 2 aliphatic heterocycles. The van der Waals surface area contributed by atoms with Crippen LogP contribution in [0.5, 0.6) is 5.75 Å². The molecule has 3 atom stereocenters. The van der Waals surface area contributed by atoms with Gasteiger partial charge in [-0.3, -0.25) is 4.90 Å². The van der Waals surface area contributed by atoms with Crippen molar-refractivity contribution >= 4 is 6.09 Å². The Labute approximate surface area is 161 Å². The Morgan fingerprint density at radius 2 is 1.74 bits per heavy atom. The Bertz CT molecular complexity index is 627. The van der Waals surface area contributed by atoms with Gasteiger partial charge in [-0.15, -0.1) is 0 Å². The van der Waals surface area contributed by atoms with E-state index in [2.05, 4.69) is 37.8 Å². The summed E-state index contributed by atoms with van der Waals surface area (Å²) in [5, 5.41) is 19.6. The van der Waals surface area contributed by atoms with Crippen LogP contribution in [0.2, 0.25) is 0 Å². The number of fused-ring (bicyclic) bond motifs is 2. The first-order valence-electron chi connectivity index (χ1n) is 9.82. The number of aliphatic hydroxyl groups is 1. The average molecular weight is 376 g/mol. The first kappa shape index (κ1) is 20.0. The molecule has 0 aromatic heterocycles. The fourth-order valence-corrected chi connectivity index (χ4v) is 4.29. The number of carbonyl (C=O) groups is 1. The van der Waals surface area contributed by atoms with Crippen LogP contribution in [0.3, 0.4) is 0 Å². The van der Waals surface area contributed by atoms with Crippen molar-refractivity contribution < 1.29 is 19.7 Å². The number of carboxylic acid groups (broad SMARTS) is 1. The van der Waals surface area contributed by atoms with Gasteiger partial charge in [-0.25, -0.2) is 4.79 Å². The number of benzene rings is 1. The molecular weight excluding hydrogens is 344 g/mol. The molecule has 2 saturated heterocycles. The highest BCUT2D eigenvalue weighted by molar-refractivity contribution is 5.65. The van der Waals surface area contributed by atoms with Crippen molar-refractivity contribution in [2.24, 2.45) is 11.8 Å². The molecule has 6 heteroatoms. The number of β-amino-alcohol motifs (C(OH)–C–C–N with tert-alkyl or cyclic N) is 1. The van der Waals surface area contributed by atoms with Gasteiger partial charge in [0, 0.05) is 32.7 Å². The number of nitrogens with zero attached hydrogens (tertiary/aromatic N) is 2. The molecular formula is C21H32N2O4. The summed E-state index contributed by atoms with van der Waals surface area (Å²) in [7, 11) is 0. The second kappa shape index (κ2) is 8.07. The van der Waals surface area contributed by atoms with E-state index < -0.39 is 12.2 Å². The molecule has 2 aliphatic rings. The Morgan fingerprint density at radius 3 is 2.26 bits per heavy atom. The van der Waals surface area contributed by atoms with Gasteiger partial charge in [0.15, 0.2) is 0 Å². The predicted octanol–water partition coefficient (Wildman–Crippen LogP) is 2.66. The van der Waals surface area contributed by atoms with E-state index in [1.807, 2.05) is 12.1 Å². The van der Waals surface area contributed by atoms with Crippen molar-refractivity contribution in [3.8, 4) is 5.75 Å². The average Bonchev–Trinajstić information content (AvgIpc) is 2.58. The third kappa shape index (κ3) is 5.36. The van der Waals surface area contributed by atoms with Crippen LogP contribution in [0.1, 0.15) is 32.8 Å². The summed E-state index contributed by atoms with van der Waals surface area (Å²) in [6.45, 7) is 10.3. The lowest BCUT2D eigenvalue weighted by Crippen LogP contribution is -2.55. The summed E-state index contributed by atoms with van der Waals surface area (Å²) in [6, 6.07) is 8.06. The molecule has 2 bridgehead atoms. The SMILES string of the molecule is CC(C)(C)c1ccc(OCC(O)CN2CC3CC(C2)CN(C(=O)O)C3)cc1. The van der Waals surface area contributed by atoms with Gasteiger partial charge in [-0.1, -0.05) is 32.9 Å². The summed E-state index contributed by atoms with van der Waals surface area (Å²) in [5.41, 5.74) is 1.37. The van der Waals surface area contributed by atoms with Gasteiger partial charge in [0.05, 0.1) is 0 Å².